The van der Waals surface area contributed by atoms with Gasteiger partial charge in [0.25, 0.3) is 0 Å². The van der Waals surface area contributed by atoms with E-state index in [9.17, 15) is 13.2 Å². The minimum absolute atomic E-state index is 0.0416. The summed E-state index contributed by atoms with van der Waals surface area (Å²) in [5.41, 5.74) is 1.45. The van der Waals surface area contributed by atoms with Gasteiger partial charge in [0.1, 0.15) is 5.75 Å². The Bertz CT molecular complexity index is 1310. The zero-order chi connectivity index (χ0) is 27.2. The van der Waals surface area contributed by atoms with Crippen LogP contribution < -0.4 is 4.74 Å². The molecule has 3 aromatic carbocycles. The van der Waals surface area contributed by atoms with Gasteiger partial charge in [-0.25, -0.2) is 8.42 Å². The minimum Gasteiger partial charge on any atom is -0.493 e. The fraction of sp³-hybridized carbons (Fsp3) is 0.367. The lowest BCUT2D eigenvalue weighted by Gasteiger charge is -2.42. The number of rotatable bonds is 10. The van der Waals surface area contributed by atoms with Gasteiger partial charge in [0.15, 0.2) is 0 Å². The molecule has 1 saturated heterocycles. The standard InChI is InChI=1S/C30H35ClN2O4S/c1-3-24-10-16-28(17-11-24)38(35,36)33-19-7-18-30(22-33,23-37-27-14-12-26(31)13-15-27)20-29(34)32(2)21-25-8-5-4-6-9-25/h4-6,8-17H,3,7,18-23H2,1-2H3/t30-/m0/s1. The summed E-state index contributed by atoms with van der Waals surface area (Å²) >= 11 is 6.03. The number of sulfonamides is 1. The number of ether oxygens (including phenoxy) is 1. The molecule has 1 fully saturated rings. The molecular formula is C30H35ClN2O4S. The van der Waals surface area contributed by atoms with Gasteiger partial charge in [-0.2, -0.15) is 4.31 Å². The number of halogens is 1. The predicted octanol–water partition coefficient (Wildman–Crippen LogP) is 5.80. The number of hydrogen-bond acceptors (Lipinski definition) is 4. The number of aryl methyl sites for hydroxylation is 1. The van der Waals surface area contributed by atoms with E-state index >= 15 is 0 Å². The van der Waals surface area contributed by atoms with Gasteiger partial charge in [-0.05, 0) is 66.8 Å². The topological polar surface area (TPSA) is 66.9 Å². The summed E-state index contributed by atoms with van der Waals surface area (Å²) in [6.45, 7) is 3.37. The summed E-state index contributed by atoms with van der Waals surface area (Å²) in [4.78, 5) is 15.4. The third-order valence-electron chi connectivity index (χ3n) is 7.17. The molecule has 1 aliphatic rings. The van der Waals surface area contributed by atoms with E-state index in [1.807, 2.05) is 49.4 Å². The maximum Gasteiger partial charge on any atom is 0.243 e. The van der Waals surface area contributed by atoms with Crippen LogP contribution in [0.4, 0.5) is 0 Å². The minimum atomic E-state index is -3.72. The van der Waals surface area contributed by atoms with Crippen LogP contribution in [-0.2, 0) is 27.8 Å². The smallest absolute Gasteiger partial charge is 0.243 e. The normalized spacial score (nSPS) is 18.2. The van der Waals surface area contributed by atoms with Crippen LogP contribution in [0.3, 0.4) is 0 Å². The third kappa shape index (κ3) is 6.95. The Kier molecular flexibility index (Phi) is 9.13. The molecule has 0 spiro atoms. The van der Waals surface area contributed by atoms with Crippen LogP contribution >= 0.6 is 11.6 Å². The molecule has 0 unspecified atom stereocenters. The molecule has 0 aliphatic carbocycles. The van der Waals surface area contributed by atoms with E-state index in [0.717, 1.165) is 17.5 Å². The molecule has 0 N–H and O–H groups in total. The molecule has 1 aliphatic heterocycles. The van der Waals surface area contributed by atoms with Crippen molar-refractivity contribution < 1.29 is 17.9 Å². The number of carbonyl (C=O) groups excluding carboxylic acids is 1. The van der Waals surface area contributed by atoms with Gasteiger partial charge in [0, 0.05) is 43.5 Å². The molecule has 0 bridgehead atoms. The molecule has 4 rings (SSSR count). The number of hydrogen-bond donors (Lipinski definition) is 0. The van der Waals surface area contributed by atoms with Gasteiger partial charge in [0.05, 0.1) is 11.5 Å². The summed E-state index contributed by atoms with van der Waals surface area (Å²) in [5.74, 6) is 0.592. The van der Waals surface area contributed by atoms with Crippen LogP contribution in [0.25, 0.3) is 0 Å². The van der Waals surface area contributed by atoms with Crippen molar-refractivity contribution in [3.8, 4) is 5.75 Å². The van der Waals surface area contributed by atoms with E-state index in [4.69, 9.17) is 16.3 Å². The van der Waals surface area contributed by atoms with E-state index in [2.05, 4.69) is 0 Å². The fourth-order valence-electron chi connectivity index (χ4n) is 4.90. The molecule has 0 saturated carbocycles. The summed E-state index contributed by atoms with van der Waals surface area (Å²) in [6, 6.07) is 24.0. The number of amides is 1. The highest BCUT2D eigenvalue weighted by Gasteiger charge is 2.43. The van der Waals surface area contributed by atoms with E-state index in [1.54, 1.807) is 48.3 Å². The Hall–Kier alpha value is -2.87. The van der Waals surface area contributed by atoms with Crippen molar-refractivity contribution in [2.45, 2.75) is 44.0 Å². The number of carbonyl (C=O) groups is 1. The Labute approximate surface area is 231 Å². The van der Waals surface area contributed by atoms with E-state index in [0.29, 0.717) is 36.7 Å². The number of piperidine rings is 1. The van der Waals surface area contributed by atoms with Crippen molar-refractivity contribution in [3.63, 3.8) is 0 Å². The fourth-order valence-corrected chi connectivity index (χ4v) is 6.61. The highest BCUT2D eigenvalue weighted by molar-refractivity contribution is 7.89. The average molecular weight is 555 g/mol. The van der Waals surface area contributed by atoms with Crippen molar-refractivity contribution in [2.24, 2.45) is 5.41 Å². The summed E-state index contributed by atoms with van der Waals surface area (Å²) in [7, 11) is -1.93. The van der Waals surface area contributed by atoms with Crippen LogP contribution in [0.15, 0.2) is 83.8 Å². The van der Waals surface area contributed by atoms with Crippen molar-refractivity contribution in [1.82, 2.24) is 9.21 Å². The van der Waals surface area contributed by atoms with Gasteiger partial charge in [0.2, 0.25) is 15.9 Å². The first kappa shape index (κ1) is 28.1. The van der Waals surface area contributed by atoms with Crippen LogP contribution in [0.2, 0.25) is 5.02 Å². The average Bonchev–Trinajstić information content (AvgIpc) is 2.93. The van der Waals surface area contributed by atoms with Crippen molar-refractivity contribution in [3.05, 3.63) is 95.0 Å². The second kappa shape index (κ2) is 12.3. The quantitative estimate of drug-likeness (QED) is 0.317. The van der Waals surface area contributed by atoms with Crippen LogP contribution in [0, 0.1) is 5.41 Å². The van der Waals surface area contributed by atoms with Crippen LogP contribution in [0.1, 0.15) is 37.3 Å². The molecule has 0 aromatic heterocycles. The zero-order valence-corrected chi connectivity index (χ0v) is 23.5. The maximum atomic E-state index is 13.6. The molecule has 202 valence electrons. The molecular weight excluding hydrogens is 520 g/mol. The molecule has 1 heterocycles. The van der Waals surface area contributed by atoms with Crippen molar-refractivity contribution in [1.29, 1.82) is 0 Å². The molecule has 0 radical (unpaired) electrons. The lowest BCUT2D eigenvalue weighted by Crippen LogP contribution is -2.50. The van der Waals surface area contributed by atoms with Gasteiger partial charge in [-0.3, -0.25) is 4.79 Å². The van der Waals surface area contributed by atoms with E-state index in [1.165, 1.54) is 4.31 Å². The Balaban J connectivity index is 1.56. The highest BCUT2D eigenvalue weighted by atomic mass is 35.5. The lowest BCUT2D eigenvalue weighted by atomic mass is 9.78. The Morgan fingerprint density at radius 3 is 2.34 bits per heavy atom. The number of benzene rings is 3. The first-order valence-corrected chi connectivity index (χ1v) is 14.8. The molecule has 1 atom stereocenters. The first-order chi connectivity index (χ1) is 18.2. The van der Waals surface area contributed by atoms with Crippen LogP contribution in [-0.4, -0.2) is 50.3 Å². The Morgan fingerprint density at radius 1 is 1.00 bits per heavy atom. The van der Waals surface area contributed by atoms with Gasteiger partial charge >= 0.3 is 0 Å². The monoisotopic (exact) mass is 554 g/mol. The summed E-state index contributed by atoms with van der Waals surface area (Å²) < 4.78 is 34.9. The number of nitrogens with zero attached hydrogens (tertiary/aromatic N) is 2. The van der Waals surface area contributed by atoms with E-state index in [-0.39, 0.29) is 30.4 Å². The molecule has 8 heteroatoms. The van der Waals surface area contributed by atoms with E-state index < -0.39 is 15.4 Å². The molecule has 3 aromatic rings. The van der Waals surface area contributed by atoms with Gasteiger partial charge in [-0.15, -0.1) is 0 Å². The van der Waals surface area contributed by atoms with Crippen LogP contribution in [0.5, 0.6) is 5.75 Å². The summed E-state index contributed by atoms with van der Waals surface area (Å²) in [6.07, 6.45) is 2.36. The maximum absolute atomic E-state index is 13.6. The highest BCUT2D eigenvalue weighted by Crippen LogP contribution is 2.37. The molecule has 38 heavy (non-hydrogen) atoms. The lowest BCUT2D eigenvalue weighted by molar-refractivity contribution is -0.134. The predicted molar refractivity (Wildman–Crippen MR) is 151 cm³/mol. The van der Waals surface area contributed by atoms with Gasteiger partial charge in [-0.1, -0.05) is 61.0 Å². The first-order valence-electron chi connectivity index (χ1n) is 13.0. The third-order valence-corrected chi connectivity index (χ3v) is 9.28. The largest absolute Gasteiger partial charge is 0.493 e. The second-order valence-electron chi connectivity index (χ2n) is 10.1. The zero-order valence-electron chi connectivity index (χ0n) is 22.0. The van der Waals surface area contributed by atoms with Crippen molar-refractivity contribution in [2.75, 3.05) is 26.7 Å². The Morgan fingerprint density at radius 2 is 1.68 bits per heavy atom. The van der Waals surface area contributed by atoms with Gasteiger partial charge < -0.3 is 9.64 Å². The molecule has 1 amide bonds. The summed E-state index contributed by atoms with van der Waals surface area (Å²) in [5, 5.41) is 0.605. The second-order valence-corrected chi connectivity index (χ2v) is 12.5. The SMILES string of the molecule is CCc1ccc(S(=O)(=O)N2CCC[C@](COc3ccc(Cl)cc3)(CC(=O)N(C)Cc3ccccc3)C2)cc1. The van der Waals surface area contributed by atoms with Crippen molar-refractivity contribution >= 4 is 27.5 Å². The molecule has 6 nitrogen and oxygen atoms in total.